The van der Waals surface area contributed by atoms with Crippen LogP contribution in [0, 0.1) is 0 Å². The van der Waals surface area contributed by atoms with Crippen molar-refractivity contribution in [1.82, 2.24) is 0 Å². The van der Waals surface area contributed by atoms with Crippen molar-refractivity contribution in [2.24, 2.45) is 30.9 Å². The molecule has 0 aromatic rings. The van der Waals surface area contributed by atoms with Crippen molar-refractivity contribution in [3.63, 3.8) is 0 Å². The molecule has 0 aromatic heterocycles. The quantitative estimate of drug-likeness (QED) is 0.514. The van der Waals surface area contributed by atoms with Crippen LogP contribution < -0.4 is 0 Å². The van der Waals surface area contributed by atoms with Gasteiger partial charge in [-0.15, -0.1) is 10.2 Å². The second-order valence-electron chi connectivity index (χ2n) is 2.91. The number of hydrogen-bond acceptors (Lipinski definition) is 8. The fraction of sp³-hybridized carbons (Fsp3) is 0.333. The van der Waals surface area contributed by atoms with Crippen molar-refractivity contribution in [2.75, 3.05) is 0 Å². The molecule has 3 rings (SSSR count). The summed E-state index contributed by atoms with van der Waals surface area (Å²) in [5.41, 5.74) is 0.0830. The van der Waals surface area contributed by atoms with Gasteiger partial charge in [-0.2, -0.15) is 10.2 Å². The highest BCUT2D eigenvalue weighted by molar-refractivity contribution is 6.66. The molecule has 0 radical (unpaired) electrons. The normalized spacial score (nSPS) is 32.9. The van der Waals surface area contributed by atoms with Crippen molar-refractivity contribution in [3.05, 3.63) is 0 Å². The third-order valence-electron chi connectivity index (χ3n) is 2.16. The molecule has 0 bridgehead atoms. The summed E-state index contributed by atoms with van der Waals surface area (Å²) in [4.78, 5) is 23.2. The molecule has 8 heteroatoms. The highest BCUT2D eigenvalue weighted by Crippen LogP contribution is 2.22. The molecule has 3 aliphatic rings. The fourth-order valence-corrected chi connectivity index (χ4v) is 1.47. The number of fused-ring (bicyclic) bond motifs is 2. The van der Waals surface area contributed by atoms with E-state index in [1.54, 1.807) is 0 Å². The van der Waals surface area contributed by atoms with E-state index in [-0.39, 0.29) is 23.0 Å². The Hall–Kier alpha value is -2.12. The van der Waals surface area contributed by atoms with Gasteiger partial charge in [0.1, 0.15) is 11.4 Å². The van der Waals surface area contributed by atoms with Gasteiger partial charge in [0.15, 0.2) is 12.1 Å². The average Bonchev–Trinajstić information content (AvgIpc) is 2.82. The zero-order valence-electron chi connectivity index (χ0n) is 6.65. The van der Waals surface area contributed by atoms with Gasteiger partial charge in [-0.05, 0) is 10.4 Å². The summed E-state index contributed by atoms with van der Waals surface area (Å²) < 4.78 is 0. The Balaban J connectivity index is 2.15. The lowest BCUT2D eigenvalue weighted by atomic mass is 9.86. The number of carbonyl (C=O) groups is 2. The number of nitrogens with zero attached hydrogens (tertiary/aromatic N) is 6. The van der Waals surface area contributed by atoms with Crippen LogP contribution >= 0.6 is 0 Å². The molecule has 1 saturated carbocycles. The van der Waals surface area contributed by atoms with E-state index in [2.05, 4.69) is 30.9 Å². The third kappa shape index (κ3) is 0.679. The highest BCUT2D eigenvalue weighted by atomic mass is 16.1. The Morgan fingerprint density at radius 3 is 1.64 bits per heavy atom. The molecule has 68 valence electrons. The molecule has 0 amide bonds. The second kappa shape index (κ2) is 2.22. The lowest BCUT2D eigenvalue weighted by molar-refractivity contribution is -0.118. The summed E-state index contributed by atoms with van der Waals surface area (Å²) in [6.45, 7) is 0. The predicted octanol–water partition coefficient (Wildman–Crippen LogP) is -0.481. The first-order valence-electron chi connectivity index (χ1n) is 3.83. The smallest absolute Gasteiger partial charge is 0.214 e. The minimum absolute atomic E-state index is 0.0415. The maximum atomic E-state index is 11.6. The molecule has 0 saturated heterocycles. The molecule has 2 heterocycles. The van der Waals surface area contributed by atoms with E-state index < -0.39 is 12.1 Å². The summed E-state index contributed by atoms with van der Waals surface area (Å²) in [6, 6.07) is -1.83. The molecule has 0 aromatic carbocycles. The molecule has 0 spiro atoms. The first-order chi connectivity index (χ1) is 6.79. The van der Waals surface area contributed by atoms with Crippen LogP contribution in [-0.4, -0.2) is 35.1 Å². The van der Waals surface area contributed by atoms with E-state index in [4.69, 9.17) is 0 Å². The molecular formula is C6H2N6O2. The minimum atomic E-state index is -0.916. The van der Waals surface area contributed by atoms with Crippen LogP contribution in [0.25, 0.3) is 0 Å². The average molecular weight is 190 g/mol. The number of rotatable bonds is 0. The number of carbonyl (C=O) groups excluding carboxylic acids is 2. The van der Waals surface area contributed by atoms with Crippen LogP contribution in [0.1, 0.15) is 0 Å². The first kappa shape index (κ1) is 7.30. The standard InChI is InChI=1S/C6H2N6O2/c13-5-1-2(8-11-7-1)6(14)4-3(5)9-12-10-4/h1,4H/t1-,4+. The van der Waals surface area contributed by atoms with Gasteiger partial charge < -0.3 is 0 Å². The highest BCUT2D eigenvalue weighted by Gasteiger charge is 2.49. The van der Waals surface area contributed by atoms with Crippen LogP contribution in [0.5, 0.6) is 0 Å². The van der Waals surface area contributed by atoms with E-state index in [1.165, 1.54) is 0 Å². The van der Waals surface area contributed by atoms with E-state index in [9.17, 15) is 9.59 Å². The van der Waals surface area contributed by atoms with Crippen molar-refractivity contribution < 1.29 is 9.59 Å². The van der Waals surface area contributed by atoms with Gasteiger partial charge in [-0.3, -0.25) is 9.59 Å². The molecule has 0 unspecified atom stereocenters. The van der Waals surface area contributed by atoms with E-state index in [0.717, 1.165) is 0 Å². The summed E-state index contributed by atoms with van der Waals surface area (Å²) in [7, 11) is 0. The summed E-state index contributed by atoms with van der Waals surface area (Å²) in [5, 5.41) is 20.7. The minimum Gasteiger partial charge on any atom is -0.290 e. The van der Waals surface area contributed by atoms with Crippen molar-refractivity contribution in [3.8, 4) is 0 Å². The maximum absolute atomic E-state index is 11.6. The molecule has 1 aliphatic carbocycles. The van der Waals surface area contributed by atoms with Crippen LogP contribution in [-0.2, 0) is 9.59 Å². The van der Waals surface area contributed by atoms with Crippen LogP contribution in [0.3, 0.4) is 0 Å². The van der Waals surface area contributed by atoms with Crippen molar-refractivity contribution >= 4 is 23.0 Å². The van der Waals surface area contributed by atoms with Gasteiger partial charge in [0.25, 0.3) is 0 Å². The number of hydrogen-bond donors (Lipinski definition) is 0. The maximum Gasteiger partial charge on any atom is 0.214 e. The fourth-order valence-electron chi connectivity index (χ4n) is 1.47. The van der Waals surface area contributed by atoms with Crippen molar-refractivity contribution in [1.29, 1.82) is 0 Å². The Labute approximate surface area is 76.5 Å². The zero-order valence-corrected chi connectivity index (χ0v) is 6.65. The molecule has 0 N–H and O–H groups in total. The topological polar surface area (TPSA) is 108 Å². The van der Waals surface area contributed by atoms with Crippen LogP contribution in [0.15, 0.2) is 30.9 Å². The molecule has 14 heavy (non-hydrogen) atoms. The Kier molecular flexibility index (Phi) is 1.16. The molecular weight excluding hydrogens is 188 g/mol. The molecule has 2 aliphatic heterocycles. The monoisotopic (exact) mass is 190 g/mol. The van der Waals surface area contributed by atoms with Gasteiger partial charge in [-0.1, -0.05) is 0 Å². The Bertz CT molecular complexity index is 429. The summed E-state index contributed by atoms with van der Waals surface area (Å²) >= 11 is 0. The largest absolute Gasteiger partial charge is 0.290 e. The van der Waals surface area contributed by atoms with Gasteiger partial charge in [0, 0.05) is 0 Å². The lowest BCUT2D eigenvalue weighted by Crippen LogP contribution is -2.51. The van der Waals surface area contributed by atoms with Gasteiger partial charge in [-0.25, -0.2) is 0 Å². The van der Waals surface area contributed by atoms with Crippen LogP contribution in [0.2, 0.25) is 0 Å². The summed E-state index contributed by atoms with van der Waals surface area (Å²) in [6.07, 6.45) is 0. The van der Waals surface area contributed by atoms with E-state index in [1.807, 2.05) is 0 Å². The molecule has 2 atom stereocenters. The summed E-state index contributed by atoms with van der Waals surface area (Å²) in [5.74, 6) is -0.779. The van der Waals surface area contributed by atoms with Crippen molar-refractivity contribution in [2.45, 2.75) is 12.1 Å². The second-order valence-corrected chi connectivity index (χ2v) is 2.91. The van der Waals surface area contributed by atoms with Gasteiger partial charge >= 0.3 is 0 Å². The Morgan fingerprint density at radius 1 is 0.786 bits per heavy atom. The lowest BCUT2D eigenvalue weighted by Gasteiger charge is -2.16. The predicted molar refractivity (Wildman–Crippen MR) is 42.2 cm³/mol. The molecule has 8 nitrogen and oxygen atoms in total. The third-order valence-corrected chi connectivity index (χ3v) is 2.16. The number of Topliss-reactive ketones (excluding diaryl/α,β-unsaturated/α-hetero) is 2. The van der Waals surface area contributed by atoms with E-state index >= 15 is 0 Å². The number of ketones is 2. The zero-order chi connectivity index (χ0) is 9.71. The van der Waals surface area contributed by atoms with Crippen LogP contribution in [0.4, 0.5) is 0 Å². The van der Waals surface area contributed by atoms with Gasteiger partial charge in [0.2, 0.25) is 11.6 Å². The first-order valence-corrected chi connectivity index (χ1v) is 3.83. The van der Waals surface area contributed by atoms with Gasteiger partial charge in [0.05, 0.1) is 0 Å². The Morgan fingerprint density at radius 2 is 1.21 bits per heavy atom. The van der Waals surface area contributed by atoms with E-state index in [0.29, 0.717) is 0 Å². The molecule has 1 fully saturated rings. The SMILES string of the molecule is O=C1C2=NN=N[C@H]2C(=O)C2=NN=N[C@H]12.